The van der Waals surface area contributed by atoms with Gasteiger partial charge >= 0.3 is 5.97 Å². The zero-order valence-electron chi connectivity index (χ0n) is 11.1. The van der Waals surface area contributed by atoms with Crippen LogP contribution < -0.4 is 5.32 Å². The topological polar surface area (TPSA) is 82.2 Å². The lowest BCUT2D eigenvalue weighted by atomic mass is 10.1. The van der Waals surface area contributed by atoms with Crippen LogP contribution >= 0.6 is 31.9 Å². The van der Waals surface area contributed by atoms with E-state index in [-0.39, 0.29) is 12.3 Å². The molecule has 3 N–H and O–H groups in total. The molecule has 0 fully saturated rings. The number of rotatable bonds is 6. The Bertz CT molecular complexity index is 682. The first-order valence-electron chi connectivity index (χ1n) is 6.45. The third-order valence-corrected chi connectivity index (χ3v) is 4.91. The van der Waals surface area contributed by atoms with Crippen LogP contribution in [0.4, 0.5) is 0 Å². The molecule has 2 rings (SSSR count). The molecule has 1 aromatic heterocycles. The van der Waals surface area contributed by atoms with Gasteiger partial charge in [-0.05, 0) is 56.8 Å². The summed E-state index contributed by atoms with van der Waals surface area (Å²) in [5.74, 6) is -0.973. The smallest absolute Gasteiger partial charge is 0.303 e. The van der Waals surface area contributed by atoms with E-state index in [1.54, 1.807) is 6.20 Å². The predicted octanol–water partition coefficient (Wildman–Crippen LogP) is 3.68. The number of H-pyrrole nitrogens is 1. The normalized spacial score (nSPS) is 10.8. The fourth-order valence-corrected chi connectivity index (χ4v) is 2.69. The number of hydrogen-bond acceptors (Lipinski definition) is 2. The van der Waals surface area contributed by atoms with Crippen LogP contribution in [0.15, 0.2) is 27.3 Å². The van der Waals surface area contributed by atoms with Crippen molar-refractivity contribution in [1.82, 2.24) is 10.3 Å². The second kappa shape index (κ2) is 7.09. The number of hydrogen-bond donors (Lipinski definition) is 3. The van der Waals surface area contributed by atoms with Crippen LogP contribution in [0.25, 0.3) is 10.9 Å². The highest BCUT2D eigenvalue weighted by atomic mass is 79.9. The number of carboxylic acid groups (broad SMARTS) is 1. The van der Waals surface area contributed by atoms with Gasteiger partial charge in [-0.2, -0.15) is 0 Å². The van der Waals surface area contributed by atoms with Gasteiger partial charge in [0.15, 0.2) is 0 Å². The number of fused-ring (bicyclic) bond motifs is 1. The first-order valence-corrected chi connectivity index (χ1v) is 8.03. The molecule has 1 heterocycles. The van der Waals surface area contributed by atoms with E-state index >= 15 is 0 Å². The molecule has 0 unspecified atom stereocenters. The summed E-state index contributed by atoms with van der Waals surface area (Å²) in [6.45, 7) is 0.469. The molecule has 0 spiro atoms. The Morgan fingerprint density at radius 3 is 2.62 bits per heavy atom. The zero-order chi connectivity index (χ0) is 15.4. The number of aromatic nitrogens is 1. The van der Waals surface area contributed by atoms with Crippen molar-refractivity contribution < 1.29 is 14.7 Å². The number of carbonyl (C=O) groups is 2. The number of halogens is 2. The molecule has 0 aliphatic heterocycles. The van der Waals surface area contributed by atoms with Crippen LogP contribution in [0.5, 0.6) is 0 Å². The lowest BCUT2D eigenvalue weighted by molar-refractivity contribution is -0.137. The molecule has 1 amide bonds. The lowest BCUT2D eigenvalue weighted by Gasteiger charge is -2.04. The maximum absolute atomic E-state index is 12.1. The molecule has 0 saturated carbocycles. The zero-order valence-corrected chi connectivity index (χ0v) is 14.3. The number of aromatic amines is 1. The number of unbranched alkanes of at least 4 members (excludes halogenated alkanes) is 1. The fourth-order valence-electron chi connectivity index (χ4n) is 2.00. The van der Waals surface area contributed by atoms with Gasteiger partial charge in [0.25, 0.3) is 5.91 Å². The number of carbonyl (C=O) groups excluding carboxylic acids is 1. The highest BCUT2D eigenvalue weighted by Crippen LogP contribution is 2.29. The Morgan fingerprint density at radius 2 is 1.90 bits per heavy atom. The van der Waals surface area contributed by atoms with Crippen molar-refractivity contribution >= 4 is 54.6 Å². The third-order valence-electron chi connectivity index (χ3n) is 3.07. The first-order chi connectivity index (χ1) is 9.99. The van der Waals surface area contributed by atoms with Gasteiger partial charge in [0.05, 0.1) is 5.56 Å². The molecular formula is C14H14Br2N2O3. The van der Waals surface area contributed by atoms with Gasteiger partial charge in [-0.3, -0.25) is 9.59 Å². The Labute approximate surface area is 138 Å². The van der Waals surface area contributed by atoms with Crippen molar-refractivity contribution in [2.45, 2.75) is 19.3 Å². The summed E-state index contributed by atoms with van der Waals surface area (Å²) in [4.78, 5) is 25.6. The van der Waals surface area contributed by atoms with Gasteiger partial charge in [-0.1, -0.05) is 0 Å². The van der Waals surface area contributed by atoms with Crippen molar-refractivity contribution in [2.75, 3.05) is 6.54 Å². The van der Waals surface area contributed by atoms with Crippen LogP contribution in [0.2, 0.25) is 0 Å². The molecule has 7 heteroatoms. The molecule has 2 aromatic rings. The standard InChI is InChI=1S/C14H14Br2N2O3/c15-10-5-8-9(7-18-12(8)6-11(10)16)14(21)17-4-2-1-3-13(19)20/h5-7,18H,1-4H2,(H,17,21)(H,19,20). The van der Waals surface area contributed by atoms with Crippen molar-refractivity contribution in [2.24, 2.45) is 0 Å². The van der Waals surface area contributed by atoms with Crippen molar-refractivity contribution in [3.63, 3.8) is 0 Å². The van der Waals surface area contributed by atoms with E-state index in [1.165, 1.54) is 0 Å². The maximum Gasteiger partial charge on any atom is 0.303 e. The molecule has 0 atom stereocenters. The van der Waals surface area contributed by atoms with E-state index in [0.29, 0.717) is 24.9 Å². The molecule has 21 heavy (non-hydrogen) atoms. The van der Waals surface area contributed by atoms with Crippen LogP contribution in [-0.2, 0) is 4.79 Å². The monoisotopic (exact) mass is 416 g/mol. The SMILES string of the molecule is O=C(O)CCCCNC(=O)c1c[nH]c2cc(Br)c(Br)cc12. The van der Waals surface area contributed by atoms with Gasteiger partial charge < -0.3 is 15.4 Å². The van der Waals surface area contributed by atoms with Gasteiger partial charge in [-0.25, -0.2) is 0 Å². The maximum atomic E-state index is 12.1. The van der Waals surface area contributed by atoms with E-state index in [2.05, 4.69) is 42.2 Å². The second-order valence-corrected chi connectivity index (χ2v) is 6.33. The molecule has 5 nitrogen and oxygen atoms in total. The van der Waals surface area contributed by atoms with Crippen LogP contribution in [0.1, 0.15) is 29.6 Å². The Hall–Kier alpha value is -1.34. The average molecular weight is 418 g/mol. The molecule has 0 bridgehead atoms. The third kappa shape index (κ3) is 4.07. The number of amides is 1. The number of aliphatic carboxylic acids is 1. The van der Waals surface area contributed by atoms with E-state index in [4.69, 9.17) is 5.11 Å². The van der Waals surface area contributed by atoms with Crippen LogP contribution in [0.3, 0.4) is 0 Å². The summed E-state index contributed by atoms with van der Waals surface area (Å²) in [7, 11) is 0. The Kier molecular flexibility index (Phi) is 5.41. The highest BCUT2D eigenvalue weighted by Gasteiger charge is 2.13. The summed E-state index contributed by atoms with van der Waals surface area (Å²) < 4.78 is 1.79. The predicted molar refractivity (Wildman–Crippen MR) is 87.5 cm³/mol. The summed E-state index contributed by atoms with van der Waals surface area (Å²) in [5, 5.41) is 12.2. The molecule has 0 radical (unpaired) electrons. The molecule has 112 valence electrons. The number of benzene rings is 1. The lowest BCUT2D eigenvalue weighted by Crippen LogP contribution is -2.24. The van der Waals surface area contributed by atoms with E-state index < -0.39 is 5.97 Å². The van der Waals surface area contributed by atoms with Crippen molar-refractivity contribution in [3.8, 4) is 0 Å². The average Bonchev–Trinajstić information content (AvgIpc) is 2.81. The minimum atomic E-state index is -0.812. The second-order valence-electron chi connectivity index (χ2n) is 4.62. The van der Waals surface area contributed by atoms with Crippen LogP contribution in [0, 0.1) is 0 Å². The summed E-state index contributed by atoms with van der Waals surface area (Å²) in [6, 6.07) is 3.79. The number of nitrogens with one attached hydrogen (secondary N) is 2. The molecule has 1 aromatic carbocycles. The van der Waals surface area contributed by atoms with Gasteiger partial charge in [0.2, 0.25) is 0 Å². The highest BCUT2D eigenvalue weighted by molar-refractivity contribution is 9.13. The molecular weight excluding hydrogens is 404 g/mol. The Balaban J connectivity index is 2.00. The fraction of sp³-hybridized carbons (Fsp3) is 0.286. The quantitative estimate of drug-likeness (QED) is 0.627. The van der Waals surface area contributed by atoms with E-state index in [1.807, 2.05) is 12.1 Å². The number of carboxylic acids is 1. The minimum Gasteiger partial charge on any atom is -0.481 e. The summed E-state index contributed by atoms with van der Waals surface area (Å²) in [6.07, 6.45) is 3.01. The molecule has 0 saturated heterocycles. The summed E-state index contributed by atoms with van der Waals surface area (Å²) in [5.41, 5.74) is 1.46. The van der Waals surface area contributed by atoms with Gasteiger partial charge in [-0.15, -0.1) is 0 Å². The van der Waals surface area contributed by atoms with Crippen molar-refractivity contribution in [1.29, 1.82) is 0 Å². The largest absolute Gasteiger partial charge is 0.481 e. The first kappa shape index (κ1) is 16.0. The van der Waals surface area contributed by atoms with Gasteiger partial charge in [0.1, 0.15) is 0 Å². The minimum absolute atomic E-state index is 0.129. The summed E-state index contributed by atoms with van der Waals surface area (Å²) >= 11 is 6.84. The molecule has 0 aliphatic rings. The van der Waals surface area contributed by atoms with E-state index in [9.17, 15) is 9.59 Å². The van der Waals surface area contributed by atoms with Gasteiger partial charge in [0, 0.05) is 39.0 Å². The molecule has 0 aliphatic carbocycles. The van der Waals surface area contributed by atoms with E-state index in [0.717, 1.165) is 19.8 Å². The van der Waals surface area contributed by atoms with Crippen LogP contribution in [-0.4, -0.2) is 28.5 Å². The van der Waals surface area contributed by atoms with Crippen molar-refractivity contribution in [3.05, 3.63) is 32.8 Å². The Morgan fingerprint density at radius 1 is 1.19 bits per heavy atom.